The summed E-state index contributed by atoms with van der Waals surface area (Å²) >= 11 is 0. The van der Waals surface area contributed by atoms with Crippen LogP contribution in [-0.4, -0.2) is 68.2 Å². The van der Waals surface area contributed by atoms with Crippen LogP contribution in [0.2, 0.25) is 0 Å². The number of piperidine rings is 1. The van der Waals surface area contributed by atoms with Crippen LogP contribution >= 0.6 is 0 Å². The molecule has 7 nitrogen and oxygen atoms in total. The molecule has 170 valence electrons. The summed E-state index contributed by atoms with van der Waals surface area (Å²) in [5.74, 6) is 0.211. The molecule has 1 N–H and O–H groups in total. The number of hydrogen-bond acceptors (Lipinski definition) is 4. The molecular formula is C25H32N4O3. The van der Waals surface area contributed by atoms with Crippen molar-refractivity contribution in [2.24, 2.45) is 5.92 Å². The lowest BCUT2D eigenvalue weighted by molar-refractivity contribution is -0.140. The Morgan fingerprint density at radius 2 is 1.59 bits per heavy atom. The number of benzene rings is 2. The molecule has 2 aliphatic heterocycles. The van der Waals surface area contributed by atoms with Gasteiger partial charge < -0.3 is 24.8 Å². The maximum absolute atomic E-state index is 13.0. The van der Waals surface area contributed by atoms with E-state index in [0.29, 0.717) is 52.2 Å². The van der Waals surface area contributed by atoms with Crippen LogP contribution in [0.5, 0.6) is 0 Å². The van der Waals surface area contributed by atoms with Crippen LogP contribution in [0.15, 0.2) is 54.6 Å². The molecule has 2 aliphatic rings. The van der Waals surface area contributed by atoms with Crippen LogP contribution in [0.25, 0.3) is 0 Å². The second-order valence-electron chi connectivity index (χ2n) is 8.49. The van der Waals surface area contributed by atoms with E-state index < -0.39 is 0 Å². The van der Waals surface area contributed by atoms with E-state index in [-0.39, 0.29) is 17.9 Å². The van der Waals surface area contributed by atoms with Crippen molar-refractivity contribution in [1.82, 2.24) is 9.80 Å². The van der Waals surface area contributed by atoms with Gasteiger partial charge in [-0.3, -0.25) is 4.79 Å². The summed E-state index contributed by atoms with van der Waals surface area (Å²) < 4.78 is 5.34. The minimum Gasteiger partial charge on any atom is -0.378 e. The molecule has 2 heterocycles. The molecule has 2 aromatic rings. The molecule has 0 saturated carbocycles. The molecule has 2 aromatic carbocycles. The molecule has 2 fully saturated rings. The van der Waals surface area contributed by atoms with Crippen LogP contribution in [0, 0.1) is 5.92 Å². The number of ether oxygens (including phenoxy) is 1. The van der Waals surface area contributed by atoms with Gasteiger partial charge in [0.05, 0.1) is 24.6 Å². The first-order chi connectivity index (χ1) is 15.6. The summed E-state index contributed by atoms with van der Waals surface area (Å²) in [5, 5.41) is 3.09. The number of amides is 3. The first kappa shape index (κ1) is 22.1. The molecule has 0 spiro atoms. The fourth-order valence-corrected chi connectivity index (χ4v) is 4.42. The van der Waals surface area contributed by atoms with Crippen molar-refractivity contribution in [3.8, 4) is 0 Å². The van der Waals surface area contributed by atoms with Gasteiger partial charge in [-0.25, -0.2) is 4.79 Å². The molecule has 0 bridgehead atoms. The number of morpholine rings is 1. The Labute approximate surface area is 189 Å². The standard InChI is InChI=1S/C25H32N4O3/c1-27(19-20-7-3-2-4-8-20)23-10-6-5-9-22(23)26-25(31)29-13-11-21(12-14-29)24(30)28-15-17-32-18-16-28/h2-10,21H,11-19H2,1H3,(H,26,31). The smallest absolute Gasteiger partial charge is 0.321 e. The zero-order valence-electron chi connectivity index (χ0n) is 18.7. The third-order valence-electron chi connectivity index (χ3n) is 6.27. The number of nitrogens with one attached hydrogen (secondary N) is 1. The van der Waals surface area contributed by atoms with Gasteiger partial charge in [0.25, 0.3) is 0 Å². The summed E-state index contributed by atoms with van der Waals surface area (Å²) in [4.78, 5) is 31.6. The summed E-state index contributed by atoms with van der Waals surface area (Å²) in [7, 11) is 2.03. The average molecular weight is 437 g/mol. The maximum atomic E-state index is 13.0. The van der Waals surface area contributed by atoms with Gasteiger partial charge >= 0.3 is 6.03 Å². The van der Waals surface area contributed by atoms with Gasteiger partial charge in [-0.2, -0.15) is 0 Å². The van der Waals surface area contributed by atoms with Crippen molar-refractivity contribution >= 4 is 23.3 Å². The monoisotopic (exact) mass is 436 g/mol. The number of carbonyl (C=O) groups excluding carboxylic acids is 2. The first-order valence-electron chi connectivity index (χ1n) is 11.4. The summed E-state index contributed by atoms with van der Waals surface area (Å²) in [6, 6.07) is 18.0. The zero-order chi connectivity index (χ0) is 22.3. The number of nitrogens with zero attached hydrogens (tertiary/aromatic N) is 3. The summed E-state index contributed by atoms with van der Waals surface area (Å²) in [6.45, 7) is 4.52. The Hall–Kier alpha value is -3.06. The predicted octanol–water partition coefficient (Wildman–Crippen LogP) is 3.43. The Morgan fingerprint density at radius 1 is 0.938 bits per heavy atom. The predicted molar refractivity (Wildman–Crippen MR) is 126 cm³/mol. The van der Waals surface area contributed by atoms with Crippen LogP contribution < -0.4 is 10.2 Å². The number of hydrogen-bond donors (Lipinski definition) is 1. The Kier molecular flexibility index (Phi) is 7.27. The van der Waals surface area contributed by atoms with Crippen LogP contribution in [-0.2, 0) is 16.1 Å². The highest BCUT2D eigenvalue weighted by Gasteiger charge is 2.31. The third kappa shape index (κ3) is 5.40. The Balaban J connectivity index is 1.33. The van der Waals surface area contributed by atoms with Crippen molar-refractivity contribution in [2.75, 3.05) is 56.7 Å². The number of likely N-dealkylation sites (tertiary alicyclic amines) is 1. The Morgan fingerprint density at radius 3 is 2.31 bits per heavy atom. The summed E-state index contributed by atoms with van der Waals surface area (Å²) in [5.41, 5.74) is 2.98. The second kappa shape index (κ2) is 10.5. The van der Waals surface area contributed by atoms with Crippen molar-refractivity contribution in [1.29, 1.82) is 0 Å². The molecular weight excluding hydrogens is 404 g/mol. The highest BCUT2D eigenvalue weighted by Crippen LogP contribution is 2.27. The zero-order valence-corrected chi connectivity index (χ0v) is 18.7. The molecule has 0 aliphatic carbocycles. The SMILES string of the molecule is CN(Cc1ccccc1)c1ccccc1NC(=O)N1CCC(C(=O)N2CCOCC2)CC1. The molecule has 2 saturated heterocycles. The minimum atomic E-state index is -0.108. The van der Waals surface area contributed by atoms with E-state index in [1.54, 1.807) is 0 Å². The normalized spacial score (nSPS) is 17.2. The van der Waals surface area contributed by atoms with E-state index in [1.807, 2.05) is 59.3 Å². The van der Waals surface area contributed by atoms with Crippen molar-refractivity contribution in [2.45, 2.75) is 19.4 Å². The van der Waals surface area contributed by atoms with Gasteiger partial charge in [0, 0.05) is 45.7 Å². The second-order valence-corrected chi connectivity index (χ2v) is 8.49. The maximum Gasteiger partial charge on any atom is 0.321 e. The van der Waals surface area contributed by atoms with Crippen molar-refractivity contribution in [3.63, 3.8) is 0 Å². The van der Waals surface area contributed by atoms with Gasteiger partial charge in [0.1, 0.15) is 0 Å². The van der Waals surface area contributed by atoms with E-state index in [0.717, 1.165) is 17.9 Å². The first-order valence-corrected chi connectivity index (χ1v) is 11.4. The van der Waals surface area contributed by atoms with Gasteiger partial charge in [0.15, 0.2) is 0 Å². The van der Waals surface area contributed by atoms with Crippen molar-refractivity contribution in [3.05, 3.63) is 60.2 Å². The van der Waals surface area contributed by atoms with E-state index in [4.69, 9.17) is 4.74 Å². The van der Waals surface area contributed by atoms with Gasteiger partial charge in [-0.1, -0.05) is 42.5 Å². The van der Waals surface area contributed by atoms with E-state index >= 15 is 0 Å². The molecule has 0 atom stereocenters. The molecule has 32 heavy (non-hydrogen) atoms. The fraction of sp³-hybridized carbons (Fsp3) is 0.440. The number of para-hydroxylation sites is 2. The van der Waals surface area contributed by atoms with Crippen LogP contribution in [0.1, 0.15) is 18.4 Å². The number of carbonyl (C=O) groups is 2. The lowest BCUT2D eigenvalue weighted by Gasteiger charge is -2.35. The van der Waals surface area contributed by atoms with E-state index in [1.165, 1.54) is 5.56 Å². The molecule has 0 radical (unpaired) electrons. The third-order valence-corrected chi connectivity index (χ3v) is 6.27. The largest absolute Gasteiger partial charge is 0.378 e. The van der Waals surface area contributed by atoms with Gasteiger partial charge in [0.2, 0.25) is 5.91 Å². The number of urea groups is 1. The van der Waals surface area contributed by atoms with E-state index in [9.17, 15) is 9.59 Å². The highest BCUT2D eigenvalue weighted by atomic mass is 16.5. The highest BCUT2D eigenvalue weighted by molar-refractivity contribution is 5.93. The average Bonchev–Trinajstić information content (AvgIpc) is 2.85. The van der Waals surface area contributed by atoms with Gasteiger partial charge in [-0.05, 0) is 30.5 Å². The fourth-order valence-electron chi connectivity index (χ4n) is 4.42. The molecule has 4 rings (SSSR count). The lowest BCUT2D eigenvalue weighted by atomic mass is 9.95. The topological polar surface area (TPSA) is 65.1 Å². The van der Waals surface area contributed by atoms with E-state index in [2.05, 4.69) is 22.3 Å². The molecule has 0 unspecified atom stereocenters. The summed E-state index contributed by atoms with van der Waals surface area (Å²) in [6.07, 6.45) is 1.42. The minimum absolute atomic E-state index is 0.00134. The van der Waals surface area contributed by atoms with Crippen LogP contribution in [0.3, 0.4) is 0 Å². The molecule has 7 heteroatoms. The molecule has 0 aromatic heterocycles. The number of anilines is 2. The number of rotatable bonds is 5. The van der Waals surface area contributed by atoms with Crippen molar-refractivity contribution < 1.29 is 14.3 Å². The van der Waals surface area contributed by atoms with Gasteiger partial charge in [-0.15, -0.1) is 0 Å². The lowest BCUT2D eigenvalue weighted by Crippen LogP contribution is -2.48. The quantitative estimate of drug-likeness (QED) is 0.780. The Bertz CT molecular complexity index is 906. The van der Waals surface area contributed by atoms with Crippen LogP contribution in [0.4, 0.5) is 16.2 Å². The molecule has 3 amide bonds.